The van der Waals surface area contributed by atoms with Crippen molar-refractivity contribution in [3.05, 3.63) is 53.6 Å². The third kappa shape index (κ3) is 1.77. The zero-order valence-electron chi connectivity index (χ0n) is 11.8. The number of oxime groups is 1. The highest BCUT2D eigenvalue weighted by molar-refractivity contribution is 6.14. The second-order valence-electron chi connectivity index (χ2n) is 5.38. The average Bonchev–Trinajstić information content (AvgIpc) is 2.90. The van der Waals surface area contributed by atoms with Gasteiger partial charge < -0.3 is 9.94 Å². The fraction of sp³-hybridized carbons (Fsp3) is 0.167. The number of fused-ring (bicyclic) bond motifs is 5. The summed E-state index contributed by atoms with van der Waals surface area (Å²) >= 11 is 0. The highest BCUT2D eigenvalue weighted by Crippen LogP contribution is 2.35. The Balaban J connectivity index is 2.05. The number of aromatic hydroxyl groups is 1. The molecule has 1 N–H and O–H groups in total. The van der Waals surface area contributed by atoms with Gasteiger partial charge in [-0.2, -0.15) is 0 Å². The van der Waals surface area contributed by atoms with Crippen molar-refractivity contribution in [3.63, 3.8) is 0 Å². The van der Waals surface area contributed by atoms with E-state index < -0.39 is 0 Å². The van der Waals surface area contributed by atoms with E-state index in [2.05, 4.69) is 29.4 Å². The summed E-state index contributed by atoms with van der Waals surface area (Å²) in [5.41, 5.74) is 3.57. The van der Waals surface area contributed by atoms with E-state index in [0.29, 0.717) is 5.75 Å². The molecular formula is C18H15NO2. The molecule has 0 heterocycles. The van der Waals surface area contributed by atoms with Gasteiger partial charge in [-0.05, 0) is 52.1 Å². The number of phenols is 1. The third-order valence-electron chi connectivity index (χ3n) is 4.24. The lowest BCUT2D eigenvalue weighted by molar-refractivity contribution is 0.213. The predicted molar refractivity (Wildman–Crippen MR) is 85.0 cm³/mol. The number of phenolic OH excluding ortho intramolecular Hbond substituents is 1. The van der Waals surface area contributed by atoms with Gasteiger partial charge in [0.25, 0.3) is 0 Å². The maximum absolute atomic E-state index is 9.62. The number of hydrogen-bond donors (Lipinski definition) is 1. The van der Waals surface area contributed by atoms with Gasteiger partial charge in [-0.1, -0.05) is 35.5 Å². The first-order valence-electron chi connectivity index (χ1n) is 7.05. The Kier molecular flexibility index (Phi) is 2.61. The molecule has 21 heavy (non-hydrogen) atoms. The van der Waals surface area contributed by atoms with E-state index in [1.807, 2.05) is 6.07 Å². The summed E-state index contributed by atoms with van der Waals surface area (Å²) in [4.78, 5) is 4.94. The van der Waals surface area contributed by atoms with E-state index in [-0.39, 0.29) is 0 Å². The first-order chi connectivity index (χ1) is 10.3. The van der Waals surface area contributed by atoms with Crippen molar-refractivity contribution < 1.29 is 9.94 Å². The van der Waals surface area contributed by atoms with Gasteiger partial charge >= 0.3 is 0 Å². The summed E-state index contributed by atoms with van der Waals surface area (Å²) in [6.45, 7) is 0. The standard InChI is InChI=1S/C18H15NO2/c1-21-19-18-9-8-16-15-4-2-11-10-12(20)3-5-13(11)14(15)6-7-17(16)18/h2-7,10,20H,8-9H2,1H3/b19-18-. The number of aryl methyl sites for hydroxylation is 1. The molecule has 0 unspecified atom stereocenters. The van der Waals surface area contributed by atoms with Crippen molar-refractivity contribution in [1.29, 1.82) is 0 Å². The first kappa shape index (κ1) is 12.2. The smallest absolute Gasteiger partial charge is 0.116 e. The summed E-state index contributed by atoms with van der Waals surface area (Å²) in [5, 5.41) is 18.5. The van der Waals surface area contributed by atoms with Crippen molar-refractivity contribution in [2.45, 2.75) is 12.8 Å². The van der Waals surface area contributed by atoms with Gasteiger partial charge in [0.1, 0.15) is 12.9 Å². The van der Waals surface area contributed by atoms with Crippen LogP contribution in [0.5, 0.6) is 5.75 Å². The molecule has 1 aliphatic carbocycles. The molecule has 0 bridgehead atoms. The molecule has 0 atom stereocenters. The number of hydrogen-bond acceptors (Lipinski definition) is 3. The minimum atomic E-state index is 0.303. The van der Waals surface area contributed by atoms with Crippen LogP contribution in [0.4, 0.5) is 0 Å². The molecule has 4 rings (SSSR count). The van der Waals surface area contributed by atoms with Crippen LogP contribution in [-0.2, 0) is 11.3 Å². The van der Waals surface area contributed by atoms with Gasteiger partial charge in [-0.25, -0.2) is 0 Å². The van der Waals surface area contributed by atoms with Crippen LogP contribution in [0, 0.1) is 0 Å². The summed E-state index contributed by atoms with van der Waals surface area (Å²) in [6, 6.07) is 14.0. The van der Waals surface area contributed by atoms with Crippen LogP contribution in [0.25, 0.3) is 21.5 Å². The summed E-state index contributed by atoms with van der Waals surface area (Å²) in [7, 11) is 1.59. The number of benzene rings is 3. The van der Waals surface area contributed by atoms with Crippen molar-refractivity contribution >= 4 is 27.3 Å². The van der Waals surface area contributed by atoms with Gasteiger partial charge in [-0.15, -0.1) is 0 Å². The molecule has 3 aromatic rings. The largest absolute Gasteiger partial charge is 0.508 e. The fourth-order valence-corrected chi connectivity index (χ4v) is 3.32. The van der Waals surface area contributed by atoms with Crippen LogP contribution in [0.2, 0.25) is 0 Å². The molecule has 0 saturated heterocycles. The Labute approximate surface area is 122 Å². The minimum absolute atomic E-state index is 0.303. The Morgan fingerprint density at radius 1 is 0.952 bits per heavy atom. The maximum atomic E-state index is 9.62. The topological polar surface area (TPSA) is 41.8 Å². The van der Waals surface area contributed by atoms with Crippen molar-refractivity contribution in [2.75, 3.05) is 7.11 Å². The summed E-state index contributed by atoms with van der Waals surface area (Å²) in [6.07, 6.45) is 1.92. The fourth-order valence-electron chi connectivity index (χ4n) is 3.32. The highest BCUT2D eigenvalue weighted by atomic mass is 16.6. The quantitative estimate of drug-likeness (QED) is 0.539. The van der Waals surface area contributed by atoms with E-state index in [9.17, 15) is 5.11 Å². The van der Waals surface area contributed by atoms with Crippen LogP contribution in [0.1, 0.15) is 17.5 Å². The molecule has 3 aromatic carbocycles. The molecule has 0 fully saturated rings. The maximum Gasteiger partial charge on any atom is 0.116 e. The molecule has 1 aliphatic rings. The SMILES string of the molecule is CO/N=C1/CCc2c1ccc1c2ccc2cc(O)ccc21. The van der Waals surface area contributed by atoms with Crippen molar-refractivity contribution in [2.24, 2.45) is 5.16 Å². The molecule has 0 radical (unpaired) electrons. The molecule has 3 heteroatoms. The summed E-state index contributed by atoms with van der Waals surface area (Å²) < 4.78 is 0. The van der Waals surface area contributed by atoms with Crippen molar-refractivity contribution in [3.8, 4) is 5.75 Å². The molecule has 0 aromatic heterocycles. The van der Waals surface area contributed by atoms with E-state index in [1.165, 1.54) is 27.3 Å². The van der Waals surface area contributed by atoms with Gasteiger partial charge in [0.2, 0.25) is 0 Å². The van der Waals surface area contributed by atoms with Gasteiger partial charge in [0.15, 0.2) is 0 Å². The van der Waals surface area contributed by atoms with E-state index in [0.717, 1.165) is 23.9 Å². The Bertz CT molecular complexity index is 896. The highest BCUT2D eigenvalue weighted by Gasteiger charge is 2.21. The second-order valence-corrected chi connectivity index (χ2v) is 5.38. The Morgan fingerprint density at radius 2 is 1.76 bits per heavy atom. The average molecular weight is 277 g/mol. The zero-order valence-corrected chi connectivity index (χ0v) is 11.8. The van der Waals surface area contributed by atoms with E-state index >= 15 is 0 Å². The predicted octanol–water partition coefficient (Wildman–Crippen LogP) is 4.00. The Hall–Kier alpha value is -2.55. The number of rotatable bonds is 1. The lowest BCUT2D eigenvalue weighted by Crippen LogP contribution is -1.95. The van der Waals surface area contributed by atoms with E-state index in [4.69, 9.17) is 4.84 Å². The molecule has 104 valence electrons. The second kappa shape index (κ2) is 4.48. The molecule has 0 spiro atoms. The number of nitrogens with zero attached hydrogens (tertiary/aromatic N) is 1. The zero-order chi connectivity index (χ0) is 14.4. The third-order valence-corrected chi connectivity index (χ3v) is 4.24. The monoisotopic (exact) mass is 277 g/mol. The van der Waals surface area contributed by atoms with Gasteiger partial charge in [-0.3, -0.25) is 0 Å². The molecule has 3 nitrogen and oxygen atoms in total. The minimum Gasteiger partial charge on any atom is -0.508 e. The molecule has 0 aliphatic heterocycles. The lowest BCUT2D eigenvalue weighted by Gasteiger charge is -2.09. The van der Waals surface area contributed by atoms with E-state index in [1.54, 1.807) is 19.2 Å². The first-order valence-corrected chi connectivity index (χ1v) is 7.05. The van der Waals surface area contributed by atoms with Crippen molar-refractivity contribution in [1.82, 2.24) is 0 Å². The molecular weight excluding hydrogens is 262 g/mol. The van der Waals surface area contributed by atoms with Crippen LogP contribution >= 0.6 is 0 Å². The Morgan fingerprint density at radius 3 is 2.62 bits per heavy atom. The van der Waals surface area contributed by atoms with Crippen LogP contribution in [-0.4, -0.2) is 17.9 Å². The van der Waals surface area contributed by atoms with Gasteiger partial charge in [0, 0.05) is 5.56 Å². The molecule has 0 saturated carbocycles. The van der Waals surface area contributed by atoms with Crippen LogP contribution in [0.3, 0.4) is 0 Å². The van der Waals surface area contributed by atoms with Gasteiger partial charge in [0.05, 0.1) is 5.71 Å². The summed E-state index contributed by atoms with van der Waals surface area (Å²) in [5.74, 6) is 0.303. The van der Waals surface area contributed by atoms with Crippen LogP contribution < -0.4 is 0 Å². The normalized spacial score (nSPS) is 15.8. The molecule has 0 amide bonds. The van der Waals surface area contributed by atoms with Crippen LogP contribution in [0.15, 0.2) is 47.6 Å². The lowest BCUT2D eigenvalue weighted by atomic mass is 9.96.